The van der Waals surface area contributed by atoms with Crippen molar-refractivity contribution >= 4 is 5.91 Å². The third-order valence-corrected chi connectivity index (χ3v) is 3.53. The van der Waals surface area contributed by atoms with Gasteiger partial charge in [0.2, 0.25) is 0 Å². The Morgan fingerprint density at radius 3 is 2.48 bits per heavy atom. The van der Waals surface area contributed by atoms with E-state index in [9.17, 15) is 4.79 Å². The van der Waals surface area contributed by atoms with Gasteiger partial charge in [0.1, 0.15) is 18.1 Å². The van der Waals surface area contributed by atoms with Crippen LogP contribution in [-0.4, -0.2) is 26.2 Å². The Hall–Kier alpha value is -2.49. The van der Waals surface area contributed by atoms with Gasteiger partial charge in [0.05, 0.1) is 13.7 Å². The number of hydrogen-bond acceptors (Lipinski definition) is 3. The topological polar surface area (TPSA) is 47.6 Å². The first-order valence-corrected chi connectivity index (χ1v) is 7.75. The van der Waals surface area contributed by atoms with Crippen LogP contribution >= 0.6 is 0 Å². The van der Waals surface area contributed by atoms with Gasteiger partial charge in [0, 0.05) is 5.56 Å². The number of ether oxygens (including phenoxy) is 2. The lowest BCUT2D eigenvalue weighted by molar-refractivity contribution is 0.0947. The number of amides is 1. The van der Waals surface area contributed by atoms with Crippen LogP contribution < -0.4 is 14.8 Å². The molecule has 4 heteroatoms. The Kier molecular flexibility index (Phi) is 6.03. The average molecular weight is 313 g/mol. The maximum atomic E-state index is 12.0. The fraction of sp³-hybridized carbons (Fsp3) is 0.316. The molecule has 0 spiro atoms. The van der Waals surface area contributed by atoms with E-state index in [1.165, 1.54) is 5.56 Å². The maximum absolute atomic E-state index is 12.0. The monoisotopic (exact) mass is 313 g/mol. The fourth-order valence-electron chi connectivity index (χ4n) is 2.14. The highest BCUT2D eigenvalue weighted by molar-refractivity contribution is 5.94. The molecular formula is C19H23NO3. The van der Waals surface area contributed by atoms with E-state index in [4.69, 9.17) is 9.47 Å². The van der Waals surface area contributed by atoms with Gasteiger partial charge in [-0.3, -0.25) is 4.79 Å². The second kappa shape index (κ2) is 8.22. The molecule has 0 atom stereocenters. The van der Waals surface area contributed by atoms with Crippen LogP contribution in [0.5, 0.6) is 11.5 Å². The van der Waals surface area contributed by atoms with Gasteiger partial charge in [-0.2, -0.15) is 0 Å². The van der Waals surface area contributed by atoms with Crippen LogP contribution in [0.4, 0.5) is 0 Å². The Labute approximate surface area is 137 Å². The smallest absolute Gasteiger partial charge is 0.251 e. The van der Waals surface area contributed by atoms with Crippen molar-refractivity contribution in [3.63, 3.8) is 0 Å². The quantitative estimate of drug-likeness (QED) is 0.794. The Morgan fingerprint density at radius 1 is 1.09 bits per heavy atom. The van der Waals surface area contributed by atoms with Gasteiger partial charge in [-0.25, -0.2) is 0 Å². The summed E-state index contributed by atoms with van der Waals surface area (Å²) >= 11 is 0. The van der Waals surface area contributed by atoms with Gasteiger partial charge in [0.15, 0.2) is 0 Å². The number of carbonyl (C=O) groups excluding carboxylic acids is 1. The van der Waals surface area contributed by atoms with Gasteiger partial charge < -0.3 is 14.8 Å². The van der Waals surface area contributed by atoms with Gasteiger partial charge in [-0.1, -0.05) is 26.0 Å². The van der Waals surface area contributed by atoms with Gasteiger partial charge in [-0.15, -0.1) is 0 Å². The molecule has 4 nitrogen and oxygen atoms in total. The van der Waals surface area contributed by atoms with Crippen molar-refractivity contribution in [2.75, 3.05) is 20.3 Å². The second-order valence-electron chi connectivity index (χ2n) is 5.56. The van der Waals surface area contributed by atoms with Crippen molar-refractivity contribution in [2.45, 2.75) is 19.8 Å². The predicted octanol–water partition coefficient (Wildman–Crippen LogP) is 3.63. The zero-order valence-electron chi connectivity index (χ0n) is 13.8. The summed E-state index contributed by atoms with van der Waals surface area (Å²) in [6, 6.07) is 15.0. The Balaban J connectivity index is 1.78. The molecule has 1 N–H and O–H groups in total. The fourth-order valence-corrected chi connectivity index (χ4v) is 2.14. The molecule has 1 amide bonds. The number of benzene rings is 2. The first-order chi connectivity index (χ1) is 11.1. The molecule has 2 rings (SSSR count). The van der Waals surface area contributed by atoms with Crippen molar-refractivity contribution in [1.82, 2.24) is 5.32 Å². The molecular weight excluding hydrogens is 290 g/mol. The minimum atomic E-state index is -0.118. The molecule has 0 saturated heterocycles. The molecule has 0 aliphatic heterocycles. The summed E-state index contributed by atoms with van der Waals surface area (Å²) in [5.41, 5.74) is 1.84. The van der Waals surface area contributed by atoms with Crippen molar-refractivity contribution < 1.29 is 14.3 Å². The molecule has 0 saturated carbocycles. The lowest BCUT2D eigenvalue weighted by Crippen LogP contribution is -2.28. The van der Waals surface area contributed by atoms with Crippen LogP contribution in [0.15, 0.2) is 48.5 Å². The third-order valence-electron chi connectivity index (χ3n) is 3.53. The largest absolute Gasteiger partial charge is 0.497 e. The third kappa shape index (κ3) is 5.02. The molecule has 0 aliphatic carbocycles. The van der Waals surface area contributed by atoms with Gasteiger partial charge in [-0.05, 0) is 47.9 Å². The van der Waals surface area contributed by atoms with Crippen LogP contribution in [0.3, 0.4) is 0 Å². The summed E-state index contributed by atoms with van der Waals surface area (Å²) < 4.78 is 10.8. The Morgan fingerprint density at radius 2 is 1.83 bits per heavy atom. The molecule has 0 fully saturated rings. The van der Waals surface area contributed by atoms with E-state index in [0.717, 1.165) is 11.5 Å². The molecule has 0 unspecified atom stereocenters. The molecule has 2 aromatic rings. The van der Waals surface area contributed by atoms with E-state index < -0.39 is 0 Å². The van der Waals surface area contributed by atoms with E-state index in [1.54, 1.807) is 31.4 Å². The predicted molar refractivity (Wildman–Crippen MR) is 91.4 cm³/mol. The standard InChI is InChI=1S/C19H23NO3/c1-14(2)16-5-4-6-18(13-16)23-12-11-20-19(21)15-7-9-17(22-3)10-8-15/h4-10,13-14H,11-12H2,1-3H3,(H,20,21). The summed E-state index contributed by atoms with van der Waals surface area (Å²) in [5, 5.41) is 2.84. The summed E-state index contributed by atoms with van der Waals surface area (Å²) in [5.74, 6) is 1.91. The van der Waals surface area contributed by atoms with E-state index in [2.05, 4.69) is 25.2 Å². The van der Waals surface area contributed by atoms with E-state index >= 15 is 0 Å². The highest BCUT2D eigenvalue weighted by atomic mass is 16.5. The summed E-state index contributed by atoms with van der Waals surface area (Å²) in [6.45, 7) is 5.18. The number of nitrogens with one attached hydrogen (secondary N) is 1. The zero-order chi connectivity index (χ0) is 16.7. The van der Waals surface area contributed by atoms with Crippen LogP contribution in [-0.2, 0) is 0 Å². The highest BCUT2D eigenvalue weighted by Gasteiger charge is 2.05. The average Bonchev–Trinajstić information content (AvgIpc) is 2.59. The van der Waals surface area contributed by atoms with Gasteiger partial charge in [0.25, 0.3) is 5.91 Å². The van der Waals surface area contributed by atoms with Crippen molar-refractivity contribution in [3.8, 4) is 11.5 Å². The maximum Gasteiger partial charge on any atom is 0.251 e. The summed E-state index contributed by atoms with van der Waals surface area (Å²) in [6.07, 6.45) is 0. The first-order valence-electron chi connectivity index (χ1n) is 7.75. The minimum Gasteiger partial charge on any atom is -0.497 e. The van der Waals surface area contributed by atoms with Crippen molar-refractivity contribution in [1.29, 1.82) is 0 Å². The summed E-state index contributed by atoms with van der Waals surface area (Å²) in [7, 11) is 1.60. The van der Waals surface area contributed by atoms with Crippen LogP contribution in [0, 0.1) is 0 Å². The zero-order valence-corrected chi connectivity index (χ0v) is 13.8. The minimum absolute atomic E-state index is 0.118. The van der Waals surface area contributed by atoms with E-state index in [0.29, 0.717) is 24.6 Å². The van der Waals surface area contributed by atoms with E-state index in [-0.39, 0.29) is 5.91 Å². The highest BCUT2D eigenvalue weighted by Crippen LogP contribution is 2.19. The lowest BCUT2D eigenvalue weighted by Gasteiger charge is -2.10. The summed E-state index contributed by atoms with van der Waals surface area (Å²) in [4.78, 5) is 12.0. The number of rotatable bonds is 7. The molecule has 0 heterocycles. The van der Waals surface area contributed by atoms with Crippen molar-refractivity contribution in [3.05, 3.63) is 59.7 Å². The number of carbonyl (C=O) groups is 1. The molecule has 122 valence electrons. The van der Waals surface area contributed by atoms with Crippen LogP contribution in [0.25, 0.3) is 0 Å². The van der Waals surface area contributed by atoms with Crippen LogP contribution in [0.1, 0.15) is 35.7 Å². The molecule has 0 aromatic heterocycles. The van der Waals surface area contributed by atoms with E-state index in [1.807, 2.05) is 18.2 Å². The molecule has 2 aromatic carbocycles. The first kappa shape index (κ1) is 16.9. The lowest BCUT2D eigenvalue weighted by atomic mass is 10.0. The second-order valence-corrected chi connectivity index (χ2v) is 5.56. The molecule has 0 radical (unpaired) electrons. The van der Waals surface area contributed by atoms with Crippen LogP contribution in [0.2, 0.25) is 0 Å². The van der Waals surface area contributed by atoms with Gasteiger partial charge >= 0.3 is 0 Å². The SMILES string of the molecule is COc1ccc(C(=O)NCCOc2cccc(C(C)C)c2)cc1. The normalized spacial score (nSPS) is 10.4. The molecule has 0 bridgehead atoms. The molecule has 0 aliphatic rings. The number of methoxy groups -OCH3 is 1. The van der Waals surface area contributed by atoms with Crippen molar-refractivity contribution in [2.24, 2.45) is 0 Å². The molecule has 23 heavy (non-hydrogen) atoms. The number of hydrogen-bond donors (Lipinski definition) is 1. The Bertz CT molecular complexity index is 635.